The van der Waals surface area contributed by atoms with Gasteiger partial charge in [-0.1, -0.05) is 0 Å². The monoisotopic (exact) mass is 213 g/mol. The topological polar surface area (TPSA) is 121 Å². The van der Waals surface area contributed by atoms with E-state index in [9.17, 15) is 14.4 Å². The Labute approximate surface area is 102 Å². The van der Waals surface area contributed by atoms with E-state index in [4.69, 9.17) is 15.9 Å². The van der Waals surface area contributed by atoms with E-state index in [0.29, 0.717) is 0 Å². The van der Waals surface area contributed by atoms with E-state index in [0.717, 1.165) is 4.90 Å². The van der Waals surface area contributed by atoms with Gasteiger partial charge in [0.2, 0.25) is 5.91 Å². The van der Waals surface area contributed by atoms with Crippen LogP contribution in [0.4, 0.5) is 0 Å². The Balaban J connectivity index is 0. The molecule has 0 aromatic heterocycles. The van der Waals surface area contributed by atoms with E-state index in [-0.39, 0.29) is 36.1 Å². The molecule has 0 atom stereocenters. The van der Waals surface area contributed by atoms with Gasteiger partial charge in [0.1, 0.15) is 0 Å². The normalized spacial score (nSPS) is 9.21. The molecule has 0 aliphatic rings. The summed E-state index contributed by atoms with van der Waals surface area (Å²) in [6.07, 6.45) is 0. The maximum atomic E-state index is 10.4. The van der Waals surface area contributed by atoms with Crippen LogP contribution >= 0.6 is 0 Å². The van der Waals surface area contributed by atoms with Crippen LogP contribution in [0.15, 0.2) is 0 Å². The van der Waals surface area contributed by atoms with Crippen molar-refractivity contribution in [2.24, 2.45) is 5.73 Å². The van der Waals surface area contributed by atoms with Crippen LogP contribution in [0, 0.1) is 0 Å². The number of hydrogen-bond acceptors (Lipinski definition) is 4. The van der Waals surface area contributed by atoms with Crippen LogP contribution in [0.2, 0.25) is 0 Å². The molecule has 1 amide bonds. The number of amides is 1. The summed E-state index contributed by atoms with van der Waals surface area (Å²) in [5, 5.41) is 16.6. The molecular weight excluding hydrogens is 203 g/mol. The Morgan fingerprint density at radius 2 is 1.36 bits per heavy atom. The van der Waals surface area contributed by atoms with Crippen molar-refractivity contribution in [3.8, 4) is 0 Å². The minimum atomic E-state index is -1.21. The van der Waals surface area contributed by atoms with E-state index in [1.54, 1.807) is 0 Å². The zero-order valence-corrected chi connectivity index (χ0v) is 9.77. The molecule has 7 nitrogen and oxygen atoms in total. The first-order chi connectivity index (χ1) is 5.91. The van der Waals surface area contributed by atoms with Crippen molar-refractivity contribution >= 4 is 47.4 Å². The van der Waals surface area contributed by atoms with E-state index in [1.807, 2.05) is 0 Å². The Morgan fingerprint density at radius 1 is 1.00 bits per heavy atom. The van der Waals surface area contributed by atoms with Crippen LogP contribution in [0.25, 0.3) is 0 Å². The van der Waals surface area contributed by atoms with Crippen molar-refractivity contribution in [3.05, 3.63) is 0 Å². The van der Waals surface area contributed by atoms with Gasteiger partial charge in [-0.05, 0) is 0 Å². The molecule has 0 spiro atoms. The minimum Gasteiger partial charge on any atom is -0.480 e. The predicted molar refractivity (Wildman–Crippen MR) is 46.7 cm³/mol. The van der Waals surface area contributed by atoms with Gasteiger partial charge in [0.05, 0.1) is 19.6 Å². The van der Waals surface area contributed by atoms with Gasteiger partial charge in [-0.3, -0.25) is 19.3 Å². The molecule has 0 fully saturated rings. The molecule has 0 rings (SSSR count). The van der Waals surface area contributed by atoms with Crippen molar-refractivity contribution < 1.29 is 24.6 Å². The molecule has 0 heterocycles. The summed E-state index contributed by atoms with van der Waals surface area (Å²) in [5.74, 6) is -3.17. The smallest absolute Gasteiger partial charge is 0.317 e. The van der Waals surface area contributed by atoms with Crippen molar-refractivity contribution in [1.29, 1.82) is 0 Å². The Morgan fingerprint density at radius 3 is 1.57 bits per heavy atom. The maximum absolute atomic E-state index is 10.4. The second-order valence-corrected chi connectivity index (χ2v) is 2.40. The largest absolute Gasteiger partial charge is 0.480 e. The Hall–Kier alpha value is -0.630. The van der Waals surface area contributed by atoms with Gasteiger partial charge in [0.25, 0.3) is 0 Å². The first-order valence-electron chi connectivity index (χ1n) is 3.36. The third-order valence-corrected chi connectivity index (χ3v) is 1.10. The molecule has 0 saturated heterocycles. The minimum absolute atomic E-state index is 0. The Bertz CT molecular complexity index is 194. The van der Waals surface area contributed by atoms with Crippen LogP contribution in [0.1, 0.15) is 0 Å². The standard InChI is InChI=1S/C6H10N2O5.Na/c7-4(9)1-8(2-5(10)11)3-6(12)13;/h1-3H2,(H2,7,9)(H,10,11)(H,12,13);. The second kappa shape index (κ2) is 7.74. The summed E-state index contributed by atoms with van der Waals surface area (Å²) in [6.45, 7) is -1.41. The van der Waals surface area contributed by atoms with Crippen molar-refractivity contribution in [2.75, 3.05) is 19.6 Å². The first-order valence-corrected chi connectivity index (χ1v) is 3.36. The van der Waals surface area contributed by atoms with Crippen molar-refractivity contribution in [1.82, 2.24) is 4.90 Å². The number of aliphatic carboxylic acids is 2. The third-order valence-electron chi connectivity index (χ3n) is 1.10. The van der Waals surface area contributed by atoms with E-state index >= 15 is 0 Å². The summed E-state index contributed by atoms with van der Waals surface area (Å²) in [5.41, 5.74) is 4.78. The molecule has 14 heavy (non-hydrogen) atoms. The summed E-state index contributed by atoms with van der Waals surface area (Å²) >= 11 is 0. The first kappa shape index (κ1) is 15.8. The van der Waals surface area contributed by atoms with Crippen molar-refractivity contribution in [2.45, 2.75) is 0 Å². The van der Waals surface area contributed by atoms with Gasteiger partial charge < -0.3 is 15.9 Å². The molecule has 0 aliphatic heterocycles. The molecule has 0 aromatic rings. The SMILES string of the molecule is NC(=O)CN(CC(=O)O)CC(=O)O.[Na]. The van der Waals surface area contributed by atoms with Crippen LogP contribution < -0.4 is 5.73 Å². The predicted octanol–water partition coefficient (Wildman–Crippen LogP) is -2.44. The molecule has 0 aromatic carbocycles. The van der Waals surface area contributed by atoms with E-state index in [1.165, 1.54) is 0 Å². The van der Waals surface area contributed by atoms with Gasteiger partial charge in [-0.2, -0.15) is 0 Å². The summed E-state index contributed by atoms with van der Waals surface area (Å²) in [6, 6.07) is 0. The van der Waals surface area contributed by atoms with E-state index < -0.39 is 30.9 Å². The number of carboxylic acid groups (broad SMARTS) is 2. The van der Waals surface area contributed by atoms with Crippen LogP contribution in [0.5, 0.6) is 0 Å². The third kappa shape index (κ3) is 9.46. The molecule has 0 unspecified atom stereocenters. The quantitative estimate of drug-likeness (QED) is 0.421. The van der Waals surface area contributed by atoms with Gasteiger partial charge in [0.15, 0.2) is 0 Å². The number of nitrogens with zero attached hydrogens (tertiary/aromatic N) is 1. The number of hydrogen-bond donors (Lipinski definition) is 3. The summed E-state index contributed by atoms with van der Waals surface area (Å²) < 4.78 is 0. The van der Waals surface area contributed by atoms with E-state index in [2.05, 4.69) is 0 Å². The molecule has 1 radical (unpaired) electrons. The van der Waals surface area contributed by atoms with Gasteiger partial charge in [-0.25, -0.2) is 0 Å². The summed E-state index contributed by atoms with van der Waals surface area (Å²) in [7, 11) is 0. The Kier molecular flexibility index (Phi) is 8.75. The molecule has 75 valence electrons. The molecular formula is C6H10N2NaO5. The van der Waals surface area contributed by atoms with Crippen LogP contribution in [-0.4, -0.2) is 82.2 Å². The molecule has 0 bridgehead atoms. The van der Waals surface area contributed by atoms with Gasteiger partial charge in [-0.15, -0.1) is 0 Å². The zero-order valence-electron chi connectivity index (χ0n) is 7.77. The second-order valence-electron chi connectivity index (χ2n) is 2.40. The average molecular weight is 213 g/mol. The molecule has 4 N–H and O–H groups in total. The number of nitrogens with two attached hydrogens (primary N) is 1. The molecule has 0 aliphatic carbocycles. The number of primary amides is 1. The average Bonchev–Trinajstić information content (AvgIpc) is 1.80. The van der Waals surface area contributed by atoms with Gasteiger partial charge >= 0.3 is 11.9 Å². The fourth-order valence-electron chi connectivity index (χ4n) is 0.771. The number of carboxylic acids is 2. The fraction of sp³-hybridized carbons (Fsp3) is 0.500. The maximum Gasteiger partial charge on any atom is 0.317 e. The van der Waals surface area contributed by atoms with Crippen molar-refractivity contribution in [3.63, 3.8) is 0 Å². The number of carbonyl (C=O) groups is 3. The number of rotatable bonds is 6. The summed E-state index contributed by atoms with van der Waals surface area (Å²) in [4.78, 5) is 31.7. The van der Waals surface area contributed by atoms with Gasteiger partial charge in [0, 0.05) is 29.6 Å². The fourth-order valence-corrected chi connectivity index (χ4v) is 0.771. The van der Waals surface area contributed by atoms with Crippen LogP contribution in [-0.2, 0) is 14.4 Å². The molecule has 8 heteroatoms. The molecule has 0 saturated carbocycles. The number of carbonyl (C=O) groups excluding carboxylic acids is 1. The zero-order chi connectivity index (χ0) is 10.4. The van der Waals surface area contributed by atoms with Crippen LogP contribution in [0.3, 0.4) is 0 Å².